The van der Waals surface area contributed by atoms with Crippen LogP contribution < -0.4 is 5.32 Å². The topological polar surface area (TPSA) is 45.2 Å². The molecule has 1 aliphatic heterocycles. The van der Waals surface area contributed by atoms with E-state index < -0.39 is 0 Å². The molecule has 132 valence electrons. The van der Waals surface area contributed by atoms with E-state index in [9.17, 15) is 4.79 Å². The monoisotopic (exact) mass is 357 g/mol. The number of hydrogen-bond donors (Lipinski definition) is 1. The van der Waals surface area contributed by atoms with Gasteiger partial charge in [-0.1, -0.05) is 18.5 Å². The van der Waals surface area contributed by atoms with Gasteiger partial charge in [0.05, 0.1) is 17.4 Å². The van der Waals surface area contributed by atoms with Crippen molar-refractivity contribution < 1.29 is 4.79 Å². The quantitative estimate of drug-likeness (QED) is 0.818. The molecule has 0 radical (unpaired) electrons. The highest BCUT2D eigenvalue weighted by Gasteiger charge is 2.26. The van der Waals surface area contributed by atoms with Crippen LogP contribution in [-0.2, 0) is 0 Å². The third kappa shape index (κ3) is 4.13. The largest absolute Gasteiger partial charge is 0.354 e. The molecule has 25 heavy (non-hydrogen) atoms. The van der Waals surface area contributed by atoms with Crippen LogP contribution in [0.1, 0.15) is 48.5 Å². The summed E-state index contributed by atoms with van der Waals surface area (Å²) in [6.07, 6.45) is 7.77. The molecule has 1 unspecified atom stereocenters. The second kappa shape index (κ2) is 7.87. The summed E-state index contributed by atoms with van der Waals surface area (Å²) in [6.45, 7) is 4.98. The van der Waals surface area contributed by atoms with Gasteiger partial charge in [0.1, 0.15) is 0 Å². The first-order chi connectivity index (χ1) is 12.1. The van der Waals surface area contributed by atoms with Crippen LogP contribution in [0.2, 0.25) is 5.02 Å². The summed E-state index contributed by atoms with van der Waals surface area (Å²) in [7, 11) is 0. The minimum atomic E-state index is 0.0792. The Kier molecular flexibility index (Phi) is 5.59. The van der Waals surface area contributed by atoms with E-state index in [1.807, 2.05) is 36.1 Å². The lowest BCUT2D eigenvalue weighted by molar-refractivity contribution is 0.0607. The molecule has 2 aromatic rings. The Morgan fingerprint density at radius 3 is 2.92 bits per heavy atom. The SMILES string of the molecule is CCC1CCCCN1C(=O)c1cncc(Nc2ccc(Cl)cc2C)c1. The van der Waals surface area contributed by atoms with Crippen LogP contribution in [0, 0.1) is 6.92 Å². The van der Waals surface area contributed by atoms with E-state index in [-0.39, 0.29) is 5.91 Å². The molecule has 1 atom stereocenters. The van der Waals surface area contributed by atoms with Crippen molar-refractivity contribution in [2.24, 2.45) is 0 Å². The molecule has 1 aromatic heterocycles. The second-order valence-corrected chi connectivity index (χ2v) is 7.04. The number of anilines is 2. The number of nitrogens with zero attached hydrogens (tertiary/aromatic N) is 2. The summed E-state index contributed by atoms with van der Waals surface area (Å²) in [5.74, 6) is 0.0792. The predicted octanol–water partition coefficient (Wildman–Crippen LogP) is 5.19. The third-order valence-corrected chi connectivity index (χ3v) is 5.05. The van der Waals surface area contributed by atoms with E-state index in [1.165, 1.54) is 6.42 Å². The van der Waals surface area contributed by atoms with Crippen molar-refractivity contribution in [3.8, 4) is 0 Å². The van der Waals surface area contributed by atoms with Crippen molar-refractivity contribution in [1.29, 1.82) is 0 Å². The molecule has 0 aliphatic carbocycles. The van der Waals surface area contributed by atoms with Gasteiger partial charge in [-0.3, -0.25) is 9.78 Å². The van der Waals surface area contributed by atoms with Gasteiger partial charge < -0.3 is 10.2 Å². The van der Waals surface area contributed by atoms with Gasteiger partial charge in [-0.25, -0.2) is 0 Å². The number of halogens is 1. The van der Waals surface area contributed by atoms with Crippen LogP contribution in [-0.4, -0.2) is 28.4 Å². The zero-order valence-corrected chi connectivity index (χ0v) is 15.5. The first-order valence-corrected chi connectivity index (χ1v) is 9.25. The molecule has 0 saturated carbocycles. The molecule has 4 nitrogen and oxygen atoms in total. The Labute approximate surface area is 154 Å². The van der Waals surface area contributed by atoms with Crippen molar-refractivity contribution in [2.75, 3.05) is 11.9 Å². The van der Waals surface area contributed by atoms with E-state index in [0.29, 0.717) is 16.6 Å². The number of benzene rings is 1. The van der Waals surface area contributed by atoms with Gasteiger partial charge in [-0.05, 0) is 62.4 Å². The van der Waals surface area contributed by atoms with Crippen LogP contribution in [0.3, 0.4) is 0 Å². The van der Waals surface area contributed by atoms with E-state index >= 15 is 0 Å². The van der Waals surface area contributed by atoms with Crippen molar-refractivity contribution >= 4 is 28.9 Å². The van der Waals surface area contributed by atoms with Crippen molar-refractivity contribution in [2.45, 2.75) is 45.6 Å². The molecule has 1 aliphatic rings. The highest BCUT2D eigenvalue weighted by molar-refractivity contribution is 6.30. The van der Waals surface area contributed by atoms with Gasteiger partial charge in [0.15, 0.2) is 0 Å². The number of carbonyl (C=O) groups is 1. The summed E-state index contributed by atoms with van der Waals surface area (Å²) in [4.78, 5) is 19.2. The van der Waals surface area contributed by atoms with Gasteiger partial charge in [-0.15, -0.1) is 0 Å². The molecule has 0 spiro atoms. The maximum absolute atomic E-state index is 12.9. The fraction of sp³-hybridized carbons (Fsp3) is 0.400. The highest BCUT2D eigenvalue weighted by atomic mass is 35.5. The first-order valence-electron chi connectivity index (χ1n) is 8.87. The smallest absolute Gasteiger partial charge is 0.255 e. The third-order valence-electron chi connectivity index (χ3n) is 4.81. The number of nitrogens with one attached hydrogen (secondary N) is 1. The standard InChI is InChI=1S/C20H24ClN3O/c1-3-18-6-4-5-9-24(18)20(25)15-11-17(13-22-12-15)23-19-8-7-16(21)10-14(19)2/h7-8,10-13,18,23H,3-6,9H2,1-2H3. The minimum Gasteiger partial charge on any atom is -0.354 e. The van der Waals surface area contributed by atoms with Crippen molar-refractivity contribution in [3.05, 3.63) is 52.8 Å². The van der Waals surface area contributed by atoms with Crippen LogP contribution >= 0.6 is 11.6 Å². The number of aryl methyl sites for hydroxylation is 1. The number of hydrogen-bond acceptors (Lipinski definition) is 3. The summed E-state index contributed by atoms with van der Waals surface area (Å²) in [5, 5.41) is 4.04. The lowest BCUT2D eigenvalue weighted by Crippen LogP contribution is -2.43. The maximum Gasteiger partial charge on any atom is 0.255 e. The summed E-state index contributed by atoms with van der Waals surface area (Å²) < 4.78 is 0. The molecule has 0 bridgehead atoms. The second-order valence-electron chi connectivity index (χ2n) is 6.60. The summed E-state index contributed by atoms with van der Waals surface area (Å²) >= 11 is 6.01. The van der Waals surface area contributed by atoms with Gasteiger partial charge in [-0.2, -0.15) is 0 Å². The first kappa shape index (κ1) is 17.7. The number of rotatable bonds is 4. The van der Waals surface area contributed by atoms with E-state index in [0.717, 1.165) is 42.7 Å². The number of pyridine rings is 1. The molecule has 1 N–H and O–H groups in total. The zero-order valence-electron chi connectivity index (χ0n) is 14.8. The average molecular weight is 358 g/mol. The Morgan fingerprint density at radius 2 is 2.16 bits per heavy atom. The predicted molar refractivity (Wildman–Crippen MR) is 103 cm³/mol. The number of aromatic nitrogens is 1. The summed E-state index contributed by atoms with van der Waals surface area (Å²) in [6, 6.07) is 7.91. The lowest BCUT2D eigenvalue weighted by Gasteiger charge is -2.35. The van der Waals surface area contributed by atoms with Crippen LogP contribution in [0.25, 0.3) is 0 Å². The molecule has 3 rings (SSSR count). The van der Waals surface area contributed by atoms with Crippen molar-refractivity contribution in [3.63, 3.8) is 0 Å². The Morgan fingerprint density at radius 1 is 1.32 bits per heavy atom. The Balaban J connectivity index is 1.80. The number of piperidine rings is 1. The highest BCUT2D eigenvalue weighted by Crippen LogP contribution is 2.25. The fourth-order valence-electron chi connectivity index (χ4n) is 3.41. The molecule has 1 aromatic carbocycles. The Hall–Kier alpha value is -2.07. The molecular formula is C20H24ClN3O. The number of likely N-dealkylation sites (tertiary alicyclic amines) is 1. The van der Waals surface area contributed by atoms with Gasteiger partial charge >= 0.3 is 0 Å². The lowest BCUT2D eigenvalue weighted by atomic mass is 9.99. The molecule has 1 fully saturated rings. The summed E-state index contributed by atoms with van der Waals surface area (Å²) in [5.41, 5.74) is 3.45. The molecule has 1 saturated heterocycles. The van der Waals surface area contributed by atoms with Crippen molar-refractivity contribution in [1.82, 2.24) is 9.88 Å². The minimum absolute atomic E-state index is 0.0792. The molecule has 1 amide bonds. The zero-order chi connectivity index (χ0) is 17.8. The number of carbonyl (C=O) groups excluding carboxylic acids is 1. The van der Waals surface area contributed by atoms with E-state index in [1.54, 1.807) is 12.4 Å². The van der Waals surface area contributed by atoms with Crippen LogP contribution in [0.5, 0.6) is 0 Å². The van der Waals surface area contributed by atoms with E-state index in [2.05, 4.69) is 17.2 Å². The normalized spacial score (nSPS) is 17.4. The van der Waals surface area contributed by atoms with Gasteiger partial charge in [0.2, 0.25) is 0 Å². The average Bonchev–Trinajstić information content (AvgIpc) is 2.63. The molecular weight excluding hydrogens is 334 g/mol. The molecule has 2 heterocycles. The van der Waals surface area contributed by atoms with E-state index in [4.69, 9.17) is 11.6 Å². The number of amides is 1. The van der Waals surface area contributed by atoms with Crippen LogP contribution in [0.4, 0.5) is 11.4 Å². The Bertz CT molecular complexity index is 762. The maximum atomic E-state index is 12.9. The van der Waals surface area contributed by atoms with Gasteiger partial charge in [0, 0.05) is 29.5 Å². The van der Waals surface area contributed by atoms with Gasteiger partial charge in [0.25, 0.3) is 5.91 Å². The fourth-order valence-corrected chi connectivity index (χ4v) is 3.63. The van der Waals surface area contributed by atoms with Crippen LogP contribution in [0.15, 0.2) is 36.7 Å². The molecule has 5 heteroatoms.